The molecule has 28 heavy (non-hydrogen) atoms. The molecular formula is C22H22N2O4. The molecule has 1 aliphatic rings. The summed E-state index contributed by atoms with van der Waals surface area (Å²) in [6, 6.07) is 13.4. The third-order valence-electron chi connectivity index (χ3n) is 5.00. The summed E-state index contributed by atoms with van der Waals surface area (Å²) in [7, 11) is 1.69. The van der Waals surface area contributed by atoms with Crippen molar-refractivity contribution in [2.75, 3.05) is 19.0 Å². The molecule has 4 rings (SSSR count). The Kier molecular flexibility index (Phi) is 5.12. The van der Waals surface area contributed by atoms with Crippen LogP contribution in [-0.4, -0.2) is 30.2 Å². The van der Waals surface area contributed by atoms with Gasteiger partial charge in [-0.3, -0.25) is 4.79 Å². The van der Waals surface area contributed by atoms with Crippen molar-refractivity contribution in [2.24, 2.45) is 0 Å². The second-order valence-electron chi connectivity index (χ2n) is 6.85. The number of carbonyl (C=O) groups is 2. The number of methoxy groups -OCH3 is 1. The second-order valence-corrected chi connectivity index (χ2v) is 6.85. The van der Waals surface area contributed by atoms with Crippen LogP contribution in [-0.2, 0) is 33.8 Å². The molecule has 0 bridgehead atoms. The van der Waals surface area contributed by atoms with Crippen molar-refractivity contribution < 1.29 is 19.1 Å². The van der Waals surface area contributed by atoms with Crippen molar-refractivity contribution in [3.63, 3.8) is 0 Å². The minimum absolute atomic E-state index is 0.0566. The van der Waals surface area contributed by atoms with E-state index in [1.54, 1.807) is 25.3 Å². The zero-order valence-electron chi connectivity index (χ0n) is 15.7. The molecule has 144 valence electrons. The van der Waals surface area contributed by atoms with Crippen molar-refractivity contribution in [3.8, 4) is 0 Å². The Bertz CT molecular complexity index is 1040. The van der Waals surface area contributed by atoms with Crippen LogP contribution in [0.5, 0.6) is 0 Å². The van der Waals surface area contributed by atoms with Crippen LogP contribution in [0.2, 0.25) is 0 Å². The van der Waals surface area contributed by atoms with Gasteiger partial charge < -0.3 is 19.4 Å². The van der Waals surface area contributed by atoms with Gasteiger partial charge in [-0.15, -0.1) is 0 Å². The minimum Gasteiger partial charge on any atom is -0.457 e. The van der Waals surface area contributed by atoms with Crippen LogP contribution < -0.4 is 5.32 Å². The minimum atomic E-state index is -0.308. The molecule has 1 N–H and O–H groups in total. The zero-order chi connectivity index (χ0) is 19.5. The number of benzene rings is 2. The quantitative estimate of drug-likeness (QED) is 0.639. The summed E-state index contributed by atoms with van der Waals surface area (Å²) in [5.41, 5.74) is 4.36. The maximum absolute atomic E-state index is 12.4. The summed E-state index contributed by atoms with van der Waals surface area (Å²) in [4.78, 5) is 23.9. The van der Waals surface area contributed by atoms with Crippen molar-refractivity contribution in [1.82, 2.24) is 4.57 Å². The average molecular weight is 378 g/mol. The van der Waals surface area contributed by atoms with Crippen LogP contribution in [0.3, 0.4) is 0 Å². The number of rotatable bonds is 7. The van der Waals surface area contributed by atoms with Crippen LogP contribution in [0.4, 0.5) is 5.69 Å². The van der Waals surface area contributed by atoms with Crippen LogP contribution in [0, 0.1) is 0 Å². The first kappa shape index (κ1) is 18.3. The summed E-state index contributed by atoms with van der Waals surface area (Å²) in [5, 5.41) is 4.08. The Morgan fingerprint density at radius 2 is 2.11 bits per heavy atom. The fraction of sp³-hybridized carbons (Fsp3) is 0.273. The molecule has 0 atom stereocenters. The average Bonchev–Trinajstić information content (AvgIpc) is 3.25. The van der Waals surface area contributed by atoms with E-state index in [4.69, 9.17) is 9.47 Å². The third-order valence-corrected chi connectivity index (χ3v) is 5.00. The van der Waals surface area contributed by atoms with Crippen LogP contribution in [0.15, 0.2) is 48.7 Å². The SMILES string of the molecule is COCCn1cc(CCC(=O)Nc2ccc3c(c2)COC3=O)c2ccccc21. The first-order valence-electron chi connectivity index (χ1n) is 9.31. The zero-order valence-corrected chi connectivity index (χ0v) is 15.7. The normalized spacial score (nSPS) is 12.8. The Morgan fingerprint density at radius 1 is 1.25 bits per heavy atom. The van der Waals surface area contributed by atoms with Gasteiger partial charge in [0.05, 0.1) is 12.2 Å². The molecule has 1 aromatic heterocycles. The molecule has 2 heterocycles. The van der Waals surface area contributed by atoms with Crippen LogP contribution in [0.1, 0.15) is 27.9 Å². The van der Waals surface area contributed by atoms with Gasteiger partial charge in [0.2, 0.25) is 5.91 Å². The molecule has 0 unspecified atom stereocenters. The lowest BCUT2D eigenvalue weighted by Gasteiger charge is -2.06. The third kappa shape index (κ3) is 3.64. The van der Waals surface area contributed by atoms with Gasteiger partial charge in [0.25, 0.3) is 0 Å². The fourth-order valence-electron chi connectivity index (χ4n) is 3.58. The number of esters is 1. The summed E-state index contributed by atoms with van der Waals surface area (Å²) in [5.74, 6) is -0.364. The van der Waals surface area contributed by atoms with E-state index in [2.05, 4.69) is 28.2 Å². The predicted molar refractivity (Wildman–Crippen MR) is 106 cm³/mol. The standard InChI is InChI=1S/C22H22N2O4/c1-27-11-10-24-13-15(18-4-2-3-5-20(18)24)6-9-21(25)23-17-7-8-19-16(12-17)14-28-22(19)26/h2-5,7-8,12-13H,6,9-11,14H2,1H3,(H,23,25). The largest absolute Gasteiger partial charge is 0.457 e. The number of hydrogen-bond donors (Lipinski definition) is 1. The maximum Gasteiger partial charge on any atom is 0.338 e. The van der Waals surface area contributed by atoms with Gasteiger partial charge in [-0.2, -0.15) is 0 Å². The molecule has 1 aliphatic heterocycles. The number of carbonyl (C=O) groups excluding carboxylic acids is 2. The van der Waals surface area contributed by atoms with E-state index in [0.29, 0.717) is 30.7 Å². The van der Waals surface area contributed by atoms with Crippen molar-refractivity contribution >= 4 is 28.5 Å². The van der Waals surface area contributed by atoms with Crippen molar-refractivity contribution in [3.05, 3.63) is 65.4 Å². The monoisotopic (exact) mass is 378 g/mol. The number of anilines is 1. The number of nitrogens with zero attached hydrogens (tertiary/aromatic N) is 1. The molecule has 0 spiro atoms. The first-order chi connectivity index (χ1) is 13.7. The molecule has 3 aromatic rings. The highest BCUT2D eigenvalue weighted by atomic mass is 16.5. The number of fused-ring (bicyclic) bond motifs is 2. The number of ether oxygens (including phenoxy) is 2. The van der Waals surface area contributed by atoms with E-state index >= 15 is 0 Å². The summed E-state index contributed by atoms with van der Waals surface area (Å²) in [6.07, 6.45) is 3.14. The number of para-hydroxylation sites is 1. The molecular weight excluding hydrogens is 356 g/mol. The number of aromatic nitrogens is 1. The lowest BCUT2D eigenvalue weighted by molar-refractivity contribution is -0.116. The number of cyclic esters (lactones) is 1. The fourth-order valence-corrected chi connectivity index (χ4v) is 3.58. The Balaban J connectivity index is 1.43. The van der Waals surface area contributed by atoms with Gasteiger partial charge >= 0.3 is 5.97 Å². The first-order valence-corrected chi connectivity index (χ1v) is 9.31. The summed E-state index contributed by atoms with van der Waals surface area (Å²) in [6.45, 7) is 1.68. The second kappa shape index (κ2) is 7.86. The van der Waals surface area contributed by atoms with E-state index in [1.807, 2.05) is 12.1 Å². The molecule has 0 aliphatic carbocycles. The number of amides is 1. The lowest BCUT2D eigenvalue weighted by Crippen LogP contribution is -2.12. The van der Waals surface area contributed by atoms with Gasteiger partial charge in [-0.25, -0.2) is 4.79 Å². The number of nitrogens with one attached hydrogen (secondary N) is 1. The molecule has 0 fully saturated rings. The van der Waals surface area contributed by atoms with E-state index in [0.717, 1.165) is 23.2 Å². The topological polar surface area (TPSA) is 69.6 Å². The Hall–Kier alpha value is -3.12. The van der Waals surface area contributed by atoms with Crippen LogP contribution in [0.25, 0.3) is 10.9 Å². The Morgan fingerprint density at radius 3 is 2.96 bits per heavy atom. The van der Waals surface area contributed by atoms with E-state index in [1.165, 1.54) is 5.39 Å². The van der Waals surface area contributed by atoms with Gasteiger partial charge in [0, 0.05) is 48.4 Å². The summed E-state index contributed by atoms with van der Waals surface area (Å²) >= 11 is 0. The molecule has 0 saturated heterocycles. The van der Waals surface area contributed by atoms with Gasteiger partial charge in [-0.1, -0.05) is 18.2 Å². The van der Waals surface area contributed by atoms with Gasteiger partial charge in [0.15, 0.2) is 0 Å². The Labute approximate surface area is 163 Å². The predicted octanol–water partition coefficient (Wildman–Crippen LogP) is 3.53. The number of aryl methyl sites for hydroxylation is 1. The van der Waals surface area contributed by atoms with E-state index in [9.17, 15) is 9.59 Å². The molecule has 1 amide bonds. The molecule has 6 heteroatoms. The van der Waals surface area contributed by atoms with Crippen molar-refractivity contribution in [1.29, 1.82) is 0 Å². The van der Waals surface area contributed by atoms with Crippen molar-refractivity contribution in [2.45, 2.75) is 26.0 Å². The smallest absolute Gasteiger partial charge is 0.338 e. The van der Waals surface area contributed by atoms with Crippen LogP contribution >= 0.6 is 0 Å². The number of hydrogen-bond acceptors (Lipinski definition) is 4. The lowest BCUT2D eigenvalue weighted by atomic mass is 10.1. The highest BCUT2D eigenvalue weighted by Crippen LogP contribution is 2.25. The summed E-state index contributed by atoms with van der Waals surface area (Å²) < 4.78 is 12.4. The molecule has 0 radical (unpaired) electrons. The maximum atomic E-state index is 12.4. The molecule has 6 nitrogen and oxygen atoms in total. The highest BCUT2D eigenvalue weighted by molar-refractivity contribution is 5.96. The van der Waals surface area contributed by atoms with E-state index < -0.39 is 0 Å². The molecule has 2 aromatic carbocycles. The highest BCUT2D eigenvalue weighted by Gasteiger charge is 2.21. The van der Waals surface area contributed by atoms with Gasteiger partial charge in [0.1, 0.15) is 6.61 Å². The van der Waals surface area contributed by atoms with Gasteiger partial charge in [-0.05, 0) is 36.2 Å². The van der Waals surface area contributed by atoms with E-state index in [-0.39, 0.29) is 18.5 Å². The molecule has 0 saturated carbocycles.